The molecule has 0 radical (unpaired) electrons. The third-order valence-electron chi connectivity index (χ3n) is 5.01. The van der Waals surface area contributed by atoms with Crippen molar-refractivity contribution >= 4 is 56.7 Å². The minimum atomic E-state index is -2.33. The maximum absolute atomic E-state index is 12.7. The van der Waals surface area contributed by atoms with E-state index >= 15 is 0 Å². The molecule has 31 heavy (non-hydrogen) atoms. The van der Waals surface area contributed by atoms with Gasteiger partial charge in [-0.1, -0.05) is 5.16 Å². The summed E-state index contributed by atoms with van der Waals surface area (Å²) in [6.45, 7) is 0. The molecule has 1 aromatic rings. The fraction of sp³-hybridized carbons (Fsp3) is 0.467. The van der Waals surface area contributed by atoms with E-state index in [1.54, 1.807) is 0 Å². The maximum Gasteiger partial charge on any atom is 1.00 e. The number of ether oxygens (including phenoxy) is 1. The maximum atomic E-state index is 12.7. The number of carboxylic acids is 1. The number of rotatable bonds is 5. The van der Waals surface area contributed by atoms with E-state index in [0.29, 0.717) is 0 Å². The Morgan fingerprint density at radius 3 is 2.81 bits per heavy atom. The molecule has 4 rings (SSSR count). The summed E-state index contributed by atoms with van der Waals surface area (Å²) in [5.41, 5.74) is 3.04. The quantitative estimate of drug-likeness (QED) is 0.135. The molecule has 0 aliphatic carbocycles. The summed E-state index contributed by atoms with van der Waals surface area (Å²) in [5, 5.41) is 18.2. The van der Waals surface area contributed by atoms with Crippen molar-refractivity contribution in [3.63, 3.8) is 0 Å². The Bertz CT molecular complexity index is 1030. The smallest absolute Gasteiger partial charge is 0.544 e. The Hall–Kier alpha value is -2.07. The minimum absolute atomic E-state index is 0. The van der Waals surface area contributed by atoms with Gasteiger partial charge in [-0.25, -0.2) is 4.98 Å². The Labute approximate surface area is 203 Å². The second kappa shape index (κ2) is 8.46. The third-order valence-corrected chi connectivity index (χ3v) is 7.44. The van der Waals surface area contributed by atoms with Gasteiger partial charge >= 0.3 is 35.5 Å². The van der Waals surface area contributed by atoms with E-state index in [1.807, 2.05) is 0 Å². The number of nitrogens with zero attached hydrogens (tertiary/aromatic N) is 3. The Morgan fingerprint density at radius 1 is 1.52 bits per heavy atom. The van der Waals surface area contributed by atoms with E-state index < -0.39 is 57.6 Å². The largest absolute Gasteiger partial charge is 1.00 e. The summed E-state index contributed by atoms with van der Waals surface area (Å²) in [5.74, 6) is -5.57. The average Bonchev–Trinajstić information content (AvgIpc) is 3.25. The van der Waals surface area contributed by atoms with Crippen molar-refractivity contribution in [1.82, 2.24) is 15.2 Å². The number of β-lactam (4-membered cyclic amide) rings is 1. The van der Waals surface area contributed by atoms with Gasteiger partial charge in [0, 0.05) is 27.9 Å². The minimum Gasteiger partial charge on any atom is -0.544 e. The molecule has 2 amide bonds. The van der Waals surface area contributed by atoms with Crippen LogP contribution in [0.1, 0.15) is 12.1 Å². The Balaban J connectivity index is 0.00000272. The van der Waals surface area contributed by atoms with Crippen molar-refractivity contribution in [3.05, 3.63) is 11.1 Å². The number of esters is 1. The molecule has 0 spiro atoms. The average molecular weight is 479 g/mol. The fourth-order valence-electron chi connectivity index (χ4n) is 3.78. The first-order chi connectivity index (χ1) is 14.2. The van der Waals surface area contributed by atoms with Crippen LogP contribution in [0.15, 0.2) is 10.5 Å². The number of carboxylic acid groups (broad SMARTS) is 1. The van der Waals surface area contributed by atoms with Crippen LogP contribution in [-0.2, 0) is 39.6 Å². The van der Waals surface area contributed by atoms with Gasteiger partial charge in [0.1, 0.15) is 30.2 Å². The van der Waals surface area contributed by atoms with Crippen LogP contribution in [-0.4, -0.2) is 73.6 Å². The van der Waals surface area contributed by atoms with Gasteiger partial charge in [0.2, 0.25) is 5.72 Å². The molecular formula is C15H14N5NaO8S2. The fourth-order valence-corrected chi connectivity index (χ4v) is 6.25. The van der Waals surface area contributed by atoms with E-state index in [0.717, 1.165) is 16.2 Å². The zero-order valence-electron chi connectivity index (χ0n) is 16.2. The summed E-state index contributed by atoms with van der Waals surface area (Å²) in [6.07, 6.45) is -0.302. The summed E-state index contributed by atoms with van der Waals surface area (Å²) < 4.78 is 17.6. The predicted molar refractivity (Wildman–Crippen MR) is 97.6 cm³/mol. The molecule has 16 heteroatoms. The SMILES string of the molecule is CO/N=C(\C(=O)N[C@@H]1C(=O)N2[C@@H]1[S@@](=O)C[C@@H]1CC(=O)O[C@@]12C(=O)[O-])c1csc(N)n1.[Na+]. The topological polar surface area (TPSA) is 193 Å². The molecule has 0 unspecified atom stereocenters. The molecule has 0 aromatic carbocycles. The molecule has 3 aliphatic rings. The number of amides is 2. The Kier molecular flexibility index (Phi) is 6.44. The van der Waals surface area contributed by atoms with E-state index in [-0.39, 0.29) is 58.3 Å². The number of aliphatic carboxylic acids is 1. The standard InChI is InChI=1S/C15H15N5O8S2.Na/c1-27-19-8(6-3-29-14(16)17-6)10(22)18-9-11(23)20-12(9)30(26)4-5-2-7(21)28-15(5,20)13(24)25;/h3,5,9,12H,2,4H2,1H3,(H2,16,17)(H,18,22)(H,24,25);/q;+1/p-1/b19-8-;/t5-,9+,12+,15+,30-;/m0./s1. The molecule has 3 fully saturated rings. The van der Waals surface area contributed by atoms with E-state index in [4.69, 9.17) is 10.5 Å². The van der Waals surface area contributed by atoms with E-state index in [2.05, 4.69) is 20.3 Å². The van der Waals surface area contributed by atoms with Crippen LogP contribution in [0.4, 0.5) is 5.13 Å². The van der Waals surface area contributed by atoms with Crippen LogP contribution in [0.3, 0.4) is 0 Å². The number of aromatic nitrogens is 1. The molecule has 1 aromatic heterocycles. The number of hydrogen-bond acceptors (Lipinski definition) is 12. The molecule has 0 saturated carbocycles. The first-order valence-corrected chi connectivity index (χ1v) is 10.7. The zero-order valence-corrected chi connectivity index (χ0v) is 19.9. The molecule has 4 heterocycles. The van der Waals surface area contributed by atoms with Crippen molar-refractivity contribution in [2.24, 2.45) is 11.1 Å². The van der Waals surface area contributed by atoms with Gasteiger partial charge in [0.25, 0.3) is 11.8 Å². The monoisotopic (exact) mass is 479 g/mol. The van der Waals surface area contributed by atoms with Gasteiger partial charge in [-0.05, 0) is 0 Å². The molecule has 13 nitrogen and oxygen atoms in total. The van der Waals surface area contributed by atoms with Crippen molar-refractivity contribution in [2.75, 3.05) is 18.6 Å². The third kappa shape index (κ3) is 3.53. The number of carbonyl (C=O) groups excluding carboxylic acids is 4. The number of nitrogens with two attached hydrogens (primary N) is 1. The van der Waals surface area contributed by atoms with Crippen molar-refractivity contribution < 1.29 is 67.6 Å². The van der Waals surface area contributed by atoms with Gasteiger partial charge in [-0.2, -0.15) is 0 Å². The summed E-state index contributed by atoms with van der Waals surface area (Å²) in [6, 6.07) is -1.33. The molecule has 3 N–H and O–H groups in total. The first kappa shape index (κ1) is 23.6. The predicted octanol–water partition coefficient (Wildman–Crippen LogP) is -6.50. The van der Waals surface area contributed by atoms with Crippen molar-refractivity contribution in [3.8, 4) is 0 Å². The molecule has 3 saturated heterocycles. The van der Waals surface area contributed by atoms with Crippen LogP contribution in [0, 0.1) is 5.92 Å². The number of fused-ring (bicyclic) bond motifs is 3. The molecule has 160 valence electrons. The van der Waals surface area contributed by atoms with Crippen LogP contribution in [0.2, 0.25) is 0 Å². The molecule has 5 atom stereocenters. The summed E-state index contributed by atoms with van der Waals surface area (Å²) >= 11 is 1.05. The van der Waals surface area contributed by atoms with Gasteiger partial charge in [0.15, 0.2) is 10.8 Å². The summed E-state index contributed by atoms with van der Waals surface area (Å²) in [7, 11) is -0.556. The van der Waals surface area contributed by atoms with E-state index in [1.165, 1.54) is 12.5 Å². The second-order valence-electron chi connectivity index (χ2n) is 6.65. The van der Waals surface area contributed by atoms with Crippen molar-refractivity contribution in [2.45, 2.75) is 23.6 Å². The number of carbonyl (C=O) groups is 4. The molecule has 3 aliphatic heterocycles. The zero-order chi connectivity index (χ0) is 21.8. The molecule has 0 bridgehead atoms. The van der Waals surface area contributed by atoms with Gasteiger partial charge < -0.3 is 30.5 Å². The van der Waals surface area contributed by atoms with Crippen molar-refractivity contribution in [1.29, 1.82) is 0 Å². The summed E-state index contributed by atoms with van der Waals surface area (Å²) in [4.78, 5) is 58.3. The first-order valence-electron chi connectivity index (χ1n) is 8.47. The van der Waals surface area contributed by atoms with Crippen LogP contribution in [0.5, 0.6) is 0 Å². The van der Waals surface area contributed by atoms with E-state index in [9.17, 15) is 28.5 Å². The van der Waals surface area contributed by atoms with Gasteiger partial charge in [0.05, 0.1) is 6.42 Å². The number of nitrogens with one attached hydrogen (secondary N) is 1. The number of hydrogen-bond donors (Lipinski definition) is 2. The van der Waals surface area contributed by atoms with Gasteiger partial charge in [-0.15, -0.1) is 11.3 Å². The van der Waals surface area contributed by atoms with Crippen LogP contribution < -0.4 is 45.7 Å². The second-order valence-corrected chi connectivity index (χ2v) is 9.12. The number of nitrogen functional groups attached to an aromatic ring is 1. The van der Waals surface area contributed by atoms with Crippen LogP contribution in [0.25, 0.3) is 0 Å². The molecular weight excluding hydrogens is 465 g/mol. The Morgan fingerprint density at radius 2 is 2.23 bits per heavy atom. The number of anilines is 1. The number of thiazole rings is 1. The normalized spacial score (nSPS) is 31.5. The van der Waals surface area contributed by atoms with Crippen LogP contribution >= 0.6 is 11.3 Å². The van der Waals surface area contributed by atoms with Gasteiger partial charge in [-0.3, -0.25) is 23.5 Å². The number of oxime groups is 1.